The quantitative estimate of drug-likeness (QED) is 0.399. The van der Waals surface area contributed by atoms with Crippen molar-refractivity contribution in [2.45, 2.75) is 38.6 Å². The summed E-state index contributed by atoms with van der Waals surface area (Å²) in [6.07, 6.45) is 2.66. The van der Waals surface area contributed by atoms with Crippen molar-refractivity contribution in [1.82, 2.24) is 5.32 Å². The van der Waals surface area contributed by atoms with Crippen LogP contribution in [0.25, 0.3) is 6.08 Å². The van der Waals surface area contributed by atoms with Crippen molar-refractivity contribution < 1.29 is 9.59 Å². The number of benzene rings is 2. The molecule has 160 valence electrons. The highest BCUT2D eigenvalue weighted by molar-refractivity contribution is 7.80. The van der Waals surface area contributed by atoms with Crippen molar-refractivity contribution in [3.63, 3.8) is 0 Å². The van der Waals surface area contributed by atoms with Crippen molar-refractivity contribution in [2.75, 3.05) is 16.8 Å². The first-order valence-electron chi connectivity index (χ1n) is 10.1. The maximum atomic E-state index is 13.2. The minimum absolute atomic E-state index is 0.0423. The van der Waals surface area contributed by atoms with E-state index in [1.807, 2.05) is 6.07 Å². The largest absolute Gasteiger partial charge is 0.369 e. The van der Waals surface area contributed by atoms with E-state index in [0.717, 1.165) is 12.0 Å². The van der Waals surface area contributed by atoms with E-state index in [2.05, 4.69) is 50.2 Å². The number of rotatable bonds is 2. The molecule has 0 saturated carbocycles. The van der Waals surface area contributed by atoms with Gasteiger partial charge in [-0.15, -0.1) is 0 Å². The molecule has 0 radical (unpaired) electrons. The minimum atomic E-state index is -0.496. The van der Waals surface area contributed by atoms with Crippen LogP contribution < -0.4 is 15.1 Å². The van der Waals surface area contributed by atoms with Crippen molar-refractivity contribution in [3.8, 4) is 0 Å². The number of anilines is 2. The van der Waals surface area contributed by atoms with Gasteiger partial charge in [-0.2, -0.15) is 0 Å². The van der Waals surface area contributed by atoms with Gasteiger partial charge in [0, 0.05) is 23.3 Å². The fourth-order valence-corrected chi connectivity index (χ4v) is 4.74. The van der Waals surface area contributed by atoms with Crippen LogP contribution in [-0.4, -0.2) is 29.5 Å². The molecule has 0 bridgehead atoms. The SMILES string of the molecule is CC1CC(C)(C)N(C)c2ccc(/C=C3\C(=O)NC(=S)N(c4ccc(Cl)cc4)C3=O)cc21. The van der Waals surface area contributed by atoms with E-state index in [-0.39, 0.29) is 16.2 Å². The third kappa shape index (κ3) is 3.86. The lowest BCUT2D eigenvalue weighted by Gasteiger charge is -2.45. The Balaban J connectivity index is 1.72. The summed E-state index contributed by atoms with van der Waals surface area (Å²) in [7, 11) is 2.10. The van der Waals surface area contributed by atoms with Crippen molar-refractivity contribution in [3.05, 3.63) is 64.2 Å². The van der Waals surface area contributed by atoms with Crippen molar-refractivity contribution in [2.24, 2.45) is 0 Å². The average molecular weight is 454 g/mol. The first-order chi connectivity index (χ1) is 14.6. The summed E-state index contributed by atoms with van der Waals surface area (Å²) in [5.74, 6) is -0.585. The summed E-state index contributed by atoms with van der Waals surface area (Å²) in [6, 6.07) is 12.8. The minimum Gasteiger partial charge on any atom is -0.369 e. The van der Waals surface area contributed by atoms with Crippen LogP contribution in [-0.2, 0) is 9.59 Å². The van der Waals surface area contributed by atoms with Gasteiger partial charge in [0.25, 0.3) is 11.8 Å². The summed E-state index contributed by atoms with van der Waals surface area (Å²) in [6.45, 7) is 6.69. The third-order valence-corrected chi connectivity index (χ3v) is 6.69. The van der Waals surface area contributed by atoms with Gasteiger partial charge in [0.1, 0.15) is 5.57 Å². The molecule has 1 unspecified atom stereocenters. The molecule has 4 rings (SSSR count). The molecule has 1 saturated heterocycles. The molecule has 2 aromatic carbocycles. The van der Waals surface area contributed by atoms with Crippen LogP contribution in [0.15, 0.2) is 48.0 Å². The van der Waals surface area contributed by atoms with Gasteiger partial charge in [0.15, 0.2) is 5.11 Å². The maximum absolute atomic E-state index is 13.2. The molecule has 1 atom stereocenters. The molecule has 2 aliphatic heterocycles. The van der Waals surface area contributed by atoms with Crippen molar-refractivity contribution >= 4 is 58.2 Å². The number of carbonyl (C=O) groups excluding carboxylic acids is 2. The van der Waals surface area contributed by atoms with Crippen LogP contribution in [0.3, 0.4) is 0 Å². The second kappa shape index (κ2) is 7.77. The first kappa shape index (κ1) is 21.5. The van der Waals surface area contributed by atoms with Gasteiger partial charge in [-0.25, -0.2) is 0 Å². The highest BCUT2D eigenvalue weighted by atomic mass is 35.5. The number of halogens is 1. The fourth-order valence-electron chi connectivity index (χ4n) is 4.33. The van der Waals surface area contributed by atoms with Crippen LogP contribution in [0.5, 0.6) is 0 Å². The van der Waals surface area contributed by atoms with Crippen LogP contribution in [0.4, 0.5) is 11.4 Å². The zero-order valence-corrected chi connectivity index (χ0v) is 19.5. The van der Waals surface area contributed by atoms with Gasteiger partial charge in [0.2, 0.25) is 0 Å². The summed E-state index contributed by atoms with van der Waals surface area (Å²) in [5.41, 5.74) is 3.86. The Bertz CT molecular complexity index is 1120. The molecule has 1 N–H and O–H groups in total. The number of nitrogens with one attached hydrogen (secondary N) is 1. The molecule has 2 amide bonds. The molecule has 0 spiro atoms. The molecule has 0 aromatic heterocycles. The number of fused-ring (bicyclic) bond motifs is 1. The van der Waals surface area contributed by atoms with Gasteiger partial charge < -0.3 is 4.90 Å². The molecule has 2 aromatic rings. The Morgan fingerprint density at radius 1 is 1.16 bits per heavy atom. The highest BCUT2D eigenvalue weighted by Crippen LogP contribution is 2.42. The topological polar surface area (TPSA) is 52.7 Å². The Morgan fingerprint density at radius 3 is 2.52 bits per heavy atom. The molecule has 5 nitrogen and oxygen atoms in total. The molecule has 31 heavy (non-hydrogen) atoms. The van der Waals surface area contributed by atoms with E-state index in [1.54, 1.807) is 30.3 Å². The summed E-state index contributed by atoms with van der Waals surface area (Å²) in [5, 5.41) is 3.22. The number of carbonyl (C=O) groups is 2. The maximum Gasteiger partial charge on any atom is 0.270 e. The van der Waals surface area contributed by atoms with Gasteiger partial charge in [0.05, 0.1) is 5.69 Å². The highest BCUT2D eigenvalue weighted by Gasteiger charge is 2.36. The Hall–Kier alpha value is -2.70. The van der Waals surface area contributed by atoms with Gasteiger partial charge in [-0.05, 0) is 92.0 Å². The number of hydrogen-bond donors (Lipinski definition) is 1. The van der Waals surface area contributed by atoms with E-state index in [1.165, 1.54) is 16.2 Å². The Kier molecular flexibility index (Phi) is 5.40. The Labute approximate surface area is 192 Å². The standard InChI is InChI=1S/C24H24ClN3O2S/c1-14-13-24(2,3)27(4)20-10-5-15(11-18(14)20)12-19-21(29)26-23(31)28(22(19)30)17-8-6-16(25)7-9-17/h5-12,14H,13H2,1-4H3,(H,26,29,31)/b19-12+. The molecule has 2 aliphatic rings. The molecular weight excluding hydrogens is 430 g/mol. The second-order valence-corrected chi connectivity index (χ2v) is 9.55. The summed E-state index contributed by atoms with van der Waals surface area (Å²) < 4.78 is 0. The lowest BCUT2D eigenvalue weighted by molar-refractivity contribution is -0.122. The Morgan fingerprint density at radius 2 is 1.84 bits per heavy atom. The normalized spacial score (nSPS) is 21.9. The number of nitrogens with zero attached hydrogens (tertiary/aromatic N) is 2. The van der Waals surface area contributed by atoms with E-state index in [0.29, 0.717) is 16.6 Å². The van der Waals surface area contributed by atoms with Crippen molar-refractivity contribution in [1.29, 1.82) is 0 Å². The lowest BCUT2D eigenvalue weighted by Crippen LogP contribution is -2.54. The molecule has 0 aliphatic carbocycles. The van der Waals surface area contributed by atoms with Crippen LogP contribution >= 0.6 is 23.8 Å². The van der Waals surface area contributed by atoms with Crippen LogP contribution in [0.2, 0.25) is 5.02 Å². The zero-order valence-electron chi connectivity index (χ0n) is 17.9. The first-order valence-corrected chi connectivity index (χ1v) is 10.9. The molecule has 7 heteroatoms. The molecule has 1 fully saturated rings. The summed E-state index contributed by atoms with van der Waals surface area (Å²) >= 11 is 11.2. The van der Waals surface area contributed by atoms with E-state index in [9.17, 15) is 9.59 Å². The van der Waals surface area contributed by atoms with E-state index < -0.39 is 11.8 Å². The molecule has 2 heterocycles. The number of thiocarbonyl (C=S) groups is 1. The third-order valence-electron chi connectivity index (χ3n) is 6.16. The predicted molar refractivity (Wildman–Crippen MR) is 130 cm³/mol. The fraction of sp³-hybridized carbons (Fsp3) is 0.292. The van der Waals surface area contributed by atoms with Gasteiger partial charge in [-0.1, -0.05) is 24.6 Å². The van der Waals surface area contributed by atoms with Crippen LogP contribution in [0, 0.1) is 0 Å². The number of hydrogen-bond acceptors (Lipinski definition) is 4. The van der Waals surface area contributed by atoms with E-state index >= 15 is 0 Å². The second-order valence-electron chi connectivity index (χ2n) is 8.73. The zero-order chi connectivity index (χ0) is 22.5. The predicted octanol–water partition coefficient (Wildman–Crippen LogP) is 4.89. The number of amides is 2. The average Bonchev–Trinajstić information content (AvgIpc) is 2.70. The summed E-state index contributed by atoms with van der Waals surface area (Å²) in [4.78, 5) is 29.4. The monoisotopic (exact) mass is 453 g/mol. The van der Waals surface area contributed by atoms with E-state index in [4.69, 9.17) is 23.8 Å². The smallest absolute Gasteiger partial charge is 0.270 e. The lowest BCUT2D eigenvalue weighted by atomic mass is 9.80. The molecular formula is C24H24ClN3O2S. The van der Waals surface area contributed by atoms with Gasteiger partial charge >= 0.3 is 0 Å². The van der Waals surface area contributed by atoms with Crippen LogP contribution in [0.1, 0.15) is 44.2 Å². The van der Waals surface area contributed by atoms with Gasteiger partial charge in [-0.3, -0.25) is 19.8 Å².